The highest BCUT2D eigenvalue weighted by atomic mass is 19.1. The van der Waals surface area contributed by atoms with Crippen LogP contribution in [0.3, 0.4) is 0 Å². The molecule has 0 aliphatic heterocycles. The van der Waals surface area contributed by atoms with Gasteiger partial charge in [-0.15, -0.1) is 0 Å². The number of halogens is 1. The number of nitrogens with one attached hydrogen (secondary N) is 1. The second kappa shape index (κ2) is 6.73. The molecule has 0 saturated heterocycles. The molecule has 0 bridgehead atoms. The third-order valence-electron chi connectivity index (χ3n) is 4.02. The van der Waals surface area contributed by atoms with Crippen molar-refractivity contribution in [3.05, 3.63) is 29.6 Å². The molecular weight excluding hydrogens is 255 g/mol. The maximum Gasteiger partial charge on any atom is 0.239 e. The number of carbonyl (C=O) groups is 1. The van der Waals surface area contributed by atoms with E-state index in [0.29, 0.717) is 11.6 Å². The summed E-state index contributed by atoms with van der Waals surface area (Å²) in [5.74, 6) is -0.116. The van der Waals surface area contributed by atoms with Gasteiger partial charge >= 0.3 is 0 Å². The molecule has 3 N–H and O–H groups in total. The van der Waals surface area contributed by atoms with E-state index in [1.54, 1.807) is 0 Å². The lowest BCUT2D eigenvalue weighted by Crippen LogP contribution is -2.37. The summed E-state index contributed by atoms with van der Waals surface area (Å²) in [6.45, 7) is 1.83. The standard InChI is InChI=1S/C16H23FN2O/c1-11-7-13(17)10-14(8-11)19-15(16(18)20)9-12-5-3-2-4-6-12/h7-8,10,12,15,19H,2-6,9H2,1H3,(H2,18,20). The van der Waals surface area contributed by atoms with Crippen molar-refractivity contribution >= 4 is 11.6 Å². The highest BCUT2D eigenvalue weighted by Crippen LogP contribution is 2.28. The fourth-order valence-electron chi connectivity index (χ4n) is 3.02. The summed E-state index contributed by atoms with van der Waals surface area (Å²) in [5, 5.41) is 3.09. The second-order valence-electron chi connectivity index (χ2n) is 5.86. The van der Waals surface area contributed by atoms with Gasteiger partial charge in [0.15, 0.2) is 0 Å². The van der Waals surface area contributed by atoms with E-state index >= 15 is 0 Å². The van der Waals surface area contributed by atoms with E-state index < -0.39 is 6.04 Å². The molecule has 1 saturated carbocycles. The molecule has 20 heavy (non-hydrogen) atoms. The molecule has 1 aliphatic carbocycles. The second-order valence-corrected chi connectivity index (χ2v) is 5.86. The van der Waals surface area contributed by atoms with Crippen LogP contribution < -0.4 is 11.1 Å². The van der Waals surface area contributed by atoms with Gasteiger partial charge in [0.1, 0.15) is 11.9 Å². The van der Waals surface area contributed by atoms with Crippen molar-refractivity contribution in [1.29, 1.82) is 0 Å². The van der Waals surface area contributed by atoms with Crippen LogP contribution in [0, 0.1) is 18.7 Å². The molecule has 1 fully saturated rings. The highest BCUT2D eigenvalue weighted by molar-refractivity contribution is 5.83. The number of aryl methyl sites for hydroxylation is 1. The lowest BCUT2D eigenvalue weighted by Gasteiger charge is -2.26. The van der Waals surface area contributed by atoms with Gasteiger partial charge in [-0.2, -0.15) is 0 Å². The van der Waals surface area contributed by atoms with Crippen LogP contribution >= 0.6 is 0 Å². The molecule has 1 aromatic carbocycles. The van der Waals surface area contributed by atoms with Gasteiger partial charge in [-0.25, -0.2) is 4.39 Å². The maximum atomic E-state index is 13.4. The predicted molar refractivity (Wildman–Crippen MR) is 78.9 cm³/mol. The van der Waals surface area contributed by atoms with Crippen LogP contribution in [0.4, 0.5) is 10.1 Å². The quantitative estimate of drug-likeness (QED) is 0.867. The Labute approximate surface area is 119 Å². The largest absolute Gasteiger partial charge is 0.374 e. The Bertz CT molecular complexity index is 449. The molecule has 1 aliphatic rings. The molecule has 0 heterocycles. The van der Waals surface area contributed by atoms with Gasteiger partial charge in [0.05, 0.1) is 0 Å². The SMILES string of the molecule is Cc1cc(F)cc(NC(CC2CCCCC2)C(N)=O)c1. The molecule has 1 amide bonds. The Kier molecular flexibility index (Phi) is 4.99. The zero-order chi connectivity index (χ0) is 14.5. The van der Waals surface area contributed by atoms with Gasteiger partial charge in [-0.05, 0) is 43.0 Å². The minimum absolute atomic E-state index is 0.298. The van der Waals surface area contributed by atoms with Crippen molar-refractivity contribution < 1.29 is 9.18 Å². The number of rotatable bonds is 5. The highest BCUT2D eigenvalue weighted by Gasteiger charge is 2.22. The summed E-state index contributed by atoms with van der Waals surface area (Å²) in [7, 11) is 0. The van der Waals surface area contributed by atoms with E-state index in [4.69, 9.17) is 5.73 Å². The van der Waals surface area contributed by atoms with Gasteiger partial charge in [-0.3, -0.25) is 4.79 Å². The fraction of sp³-hybridized carbons (Fsp3) is 0.562. The zero-order valence-corrected chi connectivity index (χ0v) is 12.0. The first-order valence-electron chi connectivity index (χ1n) is 7.37. The smallest absolute Gasteiger partial charge is 0.239 e. The molecule has 2 rings (SSSR count). The molecule has 0 spiro atoms. The lowest BCUT2D eigenvalue weighted by molar-refractivity contribution is -0.119. The molecule has 3 nitrogen and oxygen atoms in total. The van der Waals surface area contributed by atoms with Crippen LogP contribution in [-0.2, 0) is 4.79 Å². The zero-order valence-electron chi connectivity index (χ0n) is 12.0. The van der Waals surface area contributed by atoms with Crippen molar-refractivity contribution in [2.45, 2.75) is 51.5 Å². The topological polar surface area (TPSA) is 55.1 Å². The summed E-state index contributed by atoms with van der Waals surface area (Å²) >= 11 is 0. The summed E-state index contributed by atoms with van der Waals surface area (Å²) in [5.41, 5.74) is 6.94. The van der Waals surface area contributed by atoms with Gasteiger partial charge in [0, 0.05) is 5.69 Å². The summed E-state index contributed by atoms with van der Waals surface area (Å²) in [4.78, 5) is 11.6. The van der Waals surface area contributed by atoms with Gasteiger partial charge in [-0.1, -0.05) is 32.1 Å². The third kappa shape index (κ3) is 4.22. The van der Waals surface area contributed by atoms with E-state index in [-0.39, 0.29) is 11.7 Å². The average Bonchev–Trinajstić information content (AvgIpc) is 2.38. The number of primary amides is 1. The third-order valence-corrected chi connectivity index (χ3v) is 4.02. The Morgan fingerprint density at radius 3 is 2.65 bits per heavy atom. The molecule has 1 aromatic rings. The van der Waals surface area contributed by atoms with Crippen molar-refractivity contribution in [2.75, 3.05) is 5.32 Å². The van der Waals surface area contributed by atoms with Crippen LogP contribution in [0.25, 0.3) is 0 Å². The first kappa shape index (κ1) is 14.8. The Morgan fingerprint density at radius 2 is 2.05 bits per heavy atom. The van der Waals surface area contributed by atoms with Crippen LogP contribution in [0.2, 0.25) is 0 Å². The van der Waals surface area contributed by atoms with Gasteiger partial charge < -0.3 is 11.1 Å². The normalized spacial score (nSPS) is 17.7. The van der Waals surface area contributed by atoms with E-state index in [1.807, 2.05) is 13.0 Å². The Morgan fingerprint density at radius 1 is 1.35 bits per heavy atom. The summed E-state index contributed by atoms with van der Waals surface area (Å²) < 4.78 is 13.4. The van der Waals surface area contributed by atoms with Crippen LogP contribution in [-0.4, -0.2) is 11.9 Å². The van der Waals surface area contributed by atoms with Crippen molar-refractivity contribution in [3.63, 3.8) is 0 Å². The monoisotopic (exact) mass is 278 g/mol. The number of hydrogen-bond donors (Lipinski definition) is 2. The lowest BCUT2D eigenvalue weighted by atomic mass is 9.84. The first-order chi connectivity index (χ1) is 9.54. The molecule has 0 radical (unpaired) electrons. The fourth-order valence-corrected chi connectivity index (χ4v) is 3.02. The first-order valence-corrected chi connectivity index (χ1v) is 7.37. The molecule has 4 heteroatoms. The number of nitrogens with two attached hydrogens (primary N) is 1. The number of carbonyl (C=O) groups excluding carboxylic acids is 1. The molecule has 110 valence electrons. The number of amides is 1. The van der Waals surface area contributed by atoms with Crippen molar-refractivity contribution in [1.82, 2.24) is 0 Å². The van der Waals surface area contributed by atoms with Crippen LogP contribution in [0.15, 0.2) is 18.2 Å². The number of hydrogen-bond acceptors (Lipinski definition) is 2. The molecule has 1 unspecified atom stereocenters. The Hall–Kier alpha value is -1.58. The van der Waals surface area contributed by atoms with Gasteiger partial charge in [0.2, 0.25) is 5.91 Å². The predicted octanol–water partition coefficient (Wildman–Crippen LogP) is 3.37. The van der Waals surface area contributed by atoms with Crippen LogP contribution in [0.5, 0.6) is 0 Å². The van der Waals surface area contributed by atoms with Crippen molar-refractivity contribution in [3.8, 4) is 0 Å². The van der Waals surface area contributed by atoms with Crippen LogP contribution in [0.1, 0.15) is 44.1 Å². The summed E-state index contributed by atoms with van der Waals surface area (Å²) in [6.07, 6.45) is 6.81. The number of anilines is 1. The van der Waals surface area contributed by atoms with Gasteiger partial charge in [0.25, 0.3) is 0 Å². The van der Waals surface area contributed by atoms with Crippen molar-refractivity contribution in [2.24, 2.45) is 11.7 Å². The number of benzene rings is 1. The minimum atomic E-state index is -0.417. The maximum absolute atomic E-state index is 13.4. The van der Waals surface area contributed by atoms with E-state index in [1.165, 1.54) is 31.4 Å². The van der Waals surface area contributed by atoms with E-state index in [9.17, 15) is 9.18 Å². The molecule has 0 aromatic heterocycles. The summed E-state index contributed by atoms with van der Waals surface area (Å²) in [6, 6.07) is 4.29. The van der Waals surface area contributed by atoms with E-state index in [0.717, 1.165) is 24.8 Å². The molecular formula is C16H23FN2O. The average molecular weight is 278 g/mol. The molecule has 1 atom stereocenters. The van der Waals surface area contributed by atoms with E-state index in [2.05, 4.69) is 5.32 Å². The Balaban J connectivity index is 2.02. The minimum Gasteiger partial charge on any atom is -0.374 e.